The Bertz CT molecular complexity index is 53.3. The summed E-state index contributed by atoms with van der Waals surface area (Å²) in [4.78, 5) is 8.56. The van der Waals surface area contributed by atoms with Gasteiger partial charge in [0.05, 0.1) is 0 Å². The third-order valence-electron chi connectivity index (χ3n) is 0. The molecule has 4 N–H and O–H groups in total. The summed E-state index contributed by atoms with van der Waals surface area (Å²) >= 11 is 0. The zero-order valence-corrected chi connectivity index (χ0v) is 10.2. The summed E-state index contributed by atoms with van der Waals surface area (Å²) in [6, 6.07) is 0. The van der Waals surface area contributed by atoms with Crippen molar-refractivity contribution in [1.29, 1.82) is 0 Å². The van der Waals surface area contributed by atoms with Crippen LogP contribution in [0.25, 0.3) is 0 Å². The molecule has 0 spiro atoms. The summed E-state index contributed by atoms with van der Waals surface area (Å²) in [5, 5.41) is 13.9. The fourth-order valence-corrected chi connectivity index (χ4v) is 0. The summed E-state index contributed by atoms with van der Waals surface area (Å²) in [6.45, 7) is 0. The molecule has 0 unspecified atom stereocenters. The fourth-order valence-electron chi connectivity index (χ4n) is 0. The van der Waals surface area contributed by atoms with E-state index in [1.807, 2.05) is 0 Å². The third kappa shape index (κ3) is 167. The average Bonchev–Trinajstić information content (AvgIpc) is 0.811. The molecule has 0 saturated heterocycles. The monoisotopic (exact) mass is 221 g/mol. The van der Waals surface area contributed by atoms with E-state index in [0.717, 1.165) is 0 Å². The van der Waals surface area contributed by atoms with Crippen LogP contribution < -0.4 is 29.6 Å². The third-order valence-corrected chi connectivity index (χ3v) is 0. The van der Waals surface area contributed by atoms with Crippen molar-refractivity contribution in [2.24, 2.45) is 0 Å². The number of hydrogen-bond acceptors (Lipinski definition) is 1. The summed E-state index contributed by atoms with van der Waals surface area (Å²) in [5.41, 5.74) is 0. The standard InChI is InChI=1S/CH2O3.Ca.FH.Mn.Na.H2O.3H/c2-1(3)4;;;;;;;;/h(H2,2,3,4);;1H;;;1H2;;;/q;+2;;;+1;;3*-1. The van der Waals surface area contributed by atoms with Crippen LogP contribution >= 0.6 is 0 Å². The predicted octanol–water partition coefficient (Wildman–Crippen LogP) is -3.49. The maximum absolute atomic E-state index is 8.56. The molecule has 1 radical (unpaired) electrons. The summed E-state index contributed by atoms with van der Waals surface area (Å²) < 4.78 is 0. The van der Waals surface area contributed by atoms with Gasteiger partial charge < -0.3 is 20.0 Å². The van der Waals surface area contributed by atoms with Gasteiger partial charge in [0, 0.05) is 17.1 Å². The second kappa shape index (κ2) is 32.6. The zero-order valence-electron chi connectivity index (χ0n) is 7.80. The minimum absolute atomic E-state index is 0. The van der Waals surface area contributed by atoms with Crippen molar-refractivity contribution in [1.82, 2.24) is 0 Å². The van der Waals surface area contributed by atoms with E-state index in [1.54, 1.807) is 0 Å². The molecule has 0 rings (SSSR count). The van der Waals surface area contributed by atoms with Crippen molar-refractivity contribution in [3.63, 3.8) is 0 Å². The van der Waals surface area contributed by atoms with Crippen LogP contribution in [-0.2, 0) is 17.1 Å². The normalized spacial score (nSPS) is 2.67. The molecule has 0 aliphatic rings. The van der Waals surface area contributed by atoms with Crippen LogP contribution in [0.5, 0.6) is 0 Å². The van der Waals surface area contributed by atoms with E-state index >= 15 is 0 Å². The first-order valence-corrected chi connectivity index (χ1v) is 0.651. The number of carbonyl (C=O) groups is 1. The molecule has 0 bridgehead atoms. The smallest absolute Gasteiger partial charge is 1.00 e. The summed E-state index contributed by atoms with van der Waals surface area (Å²) in [7, 11) is 0. The van der Waals surface area contributed by atoms with E-state index in [0.29, 0.717) is 0 Å². The molecule has 4 nitrogen and oxygen atoms in total. The molecule has 0 aromatic heterocycles. The molecular weight excluding hydrogens is 213 g/mol. The molecule has 0 aliphatic heterocycles. The van der Waals surface area contributed by atoms with Crippen molar-refractivity contribution in [2.75, 3.05) is 0 Å². The van der Waals surface area contributed by atoms with E-state index in [-0.39, 0.29) is 98.8 Å². The molecule has 9 heavy (non-hydrogen) atoms. The van der Waals surface area contributed by atoms with Crippen LogP contribution in [0.1, 0.15) is 4.28 Å². The Morgan fingerprint density at radius 1 is 1.33 bits per heavy atom. The van der Waals surface area contributed by atoms with Crippen LogP contribution in [0.2, 0.25) is 0 Å². The minimum Gasteiger partial charge on any atom is -1.00 e. The van der Waals surface area contributed by atoms with Crippen LogP contribution in [0.15, 0.2) is 0 Å². The van der Waals surface area contributed by atoms with Crippen molar-refractivity contribution in [3.8, 4) is 0 Å². The number of rotatable bonds is 0. The largest absolute Gasteiger partial charge is 2.00 e. The van der Waals surface area contributed by atoms with E-state index < -0.39 is 6.16 Å². The van der Waals surface area contributed by atoms with Gasteiger partial charge >= 0.3 is 73.5 Å². The van der Waals surface area contributed by atoms with Gasteiger partial charge in [0.1, 0.15) is 0 Å². The first kappa shape index (κ1) is 44.3. The minimum atomic E-state index is -1.83. The average molecular weight is 221 g/mol. The van der Waals surface area contributed by atoms with Gasteiger partial charge in [0.25, 0.3) is 0 Å². The first-order chi connectivity index (χ1) is 1.73. The molecule has 0 aromatic rings. The molecule has 0 aromatic carbocycles. The van der Waals surface area contributed by atoms with E-state index in [9.17, 15) is 0 Å². The molecule has 53 valence electrons. The van der Waals surface area contributed by atoms with Crippen LogP contribution in [0.3, 0.4) is 0 Å². The second-order valence-corrected chi connectivity index (χ2v) is 0.283. The second-order valence-electron chi connectivity index (χ2n) is 0.283. The van der Waals surface area contributed by atoms with Gasteiger partial charge in [-0.1, -0.05) is 0 Å². The van der Waals surface area contributed by atoms with Crippen molar-refractivity contribution >= 4 is 43.9 Å². The van der Waals surface area contributed by atoms with Gasteiger partial charge in [-0.15, -0.1) is 0 Å². The van der Waals surface area contributed by atoms with Gasteiger partial charge in [0.2, 0.25) is 0 Å². The molecule has 0 aliphatic carbocycles. The Labute approximate surface area is 118 Å². The first-order valence-electron chi connectivity index (χ1n) is 0.651. The quantitative estimate of drug-likeness (QED) is 0.416. The number of hydrogen-bond donors (Lipinski definition) is 2. The molecule has 0 amide bonds. The Kier molecular flexibility index (Phi) is 160. The van der Waals surface area contributed by atoms with Gasteiger partial charge in [-0.25, -0.2) is 4.79 Å². The number of halogens is 1. The predicted molar refractivity (Wildman–Crippen MR) is 25.9 cm³/mol. The van der Waals surface area contributed by atoms with Crippen LogP contribution in [0.4, 0.5) is 9.50 Å². The summed E-state index contributed by atoms with van der Waals surface area (Å²) in [5.74, 6) is 0. The Hall–Kier alpha value is 1.94. The zero-order chi connectivity index (χ0) is 3.58. The Morgan fingerprint density at radius 2 is 1.33 bits per heavy atom. The van der Waals surface area contributed by atoms with E-state index in [4.69, 9.17) is 15.0 Å². The maximum Gasteiger partial charge on any atom is 2.00 e. The van der Waals surface area contributed by atoms with Gasteiger partial charge in [-0.05, 0) is 0 Å². The molecule has 0 atom stereocenters. The Morgan fingerprint density at radius 3 is 1.33 bits per heavy atom. The maximum atomic E-state index is 8.56. The van der Waals surface area contributed by atoms with Crippen molar-refractivity contribution in [3.05, 3.63) is 0 Å². The fraction of sp³-hybridized carbons (Fsp3) is 0. The van der Waals surface area contributed by atoms with Crippen LogP contribution in [0, 0.1) is 0 Å². The van der Waals surface area contributed by atoms with Crippen molar-refractivity contribution < 1.29 is 76.1 Å². The SMILES string of the molecule is F.O.O=C(O)O.[Ca+2].[H-].[H-].[H-].[Mn].[Na+]. The number of carboxylic acid groups (broad SMARTS) is 2. The van der Waals surface area contributed by atoms with E-state index in [1.165, 1.54) is 0 Å². The van der Waals surface area contributed by atoms with Crippen molar-refractivity contribution in [2.45, 2.75) is 0 Å². The molecule has 0 saturated carbocycles. The molecule has 0 heterocycles. The summed E-state index contributed by atoms with van der Waals surface area (Å²) in [6.07, 6.45) is -1.83. The molecular formula is CH8CaFMnNaO4. The molecule has 8 heteroatoms. The Balaban J connectivity index is -0.00000000161. The van der Waals surface area contributed by atoms with Gasteiger partial charge in [-0.3, -0.25) is 4.70 Å². The van der Waals surface area contributed by atoms with E-state index in [2.05, 4.69) is 0 Å². The van der Waals surface area contributed by atoms with Crippen LogP contribution in [-0.4, -0.2) is 59.6 Å². The molecule has 0 fully saturated rings. The van der Waals surface area contributed by atoms with Gasteiger partial charge in [-0.2, -0.15) is 0 Å². The van der Waals surface area contributed by atoms with Gasteiger partial charge in [0.15, 0.2) is 0 Å². The topological polar surface area (TPSA) is 89.0 Å².